The molecule has 0 spiro atoms. The number of nitriles is 1. The van der Waals surface area contributed by atoms with E-state index in [4.69, 9.17) is 11.0 Å². The predicted octanol–water partition coefficient (Wildman–Crippen LogP) is 0.322. The molecular formula is C8H7N3O2. The number of ether oxygens (including phenoxy) is 1. The minimum atomic E-state index is -0.592. The number of nitrogen functional groups attached to an aromatic ring is 1. The summed E-state index contributed by atoms with van der Waals surface area (Å²) < 4.78 is 4.46. The molecule has 66 valence electrons. The second-order valence-corrected chi connectivity index (χ2v) is 2.22. The minimum Gasteiger partial charge on any atom is -0.465 e. The van der Waals surface area contributed by atoms with Crippen molar-refractivity contribution < 1.29 is 9.53 Å². The van der Waals surface area contributed by atoms with Gasteiger partial charge in [0, 0.05) is 6.20 Å². The van der Waals surface area contributed by atoms with E-state index in [1.165, 1.54) is 19.4 Å². The van der Waals surface area contributed by atoms with Crippen LogP contribution >= 0.6 is 0 Å². The summed E-state index contributed by atoms with van der Waals surface area (Å²) in [5, 5.41) is 8.67. The van der Waals surface area contributed by atoms with Crippen LogP contribution in [0.5, 0.6) is 0 Å². The van der Waals surface area contributed by atoms with E-state index in [0.29, 0.717) is 0 Å². The van der Waals surface area contributed by atoms with Gasteiger partial charge in [-0.05, 0) is 6.07 Å². The Morgan fingerprint density at radius 2 is 2.46 bits per heavy atom. The fraction of sp³-hybridized carbons (Fsp3) is 0.125. The monoisotopic (exact) mass is 177 g/mol. The van der Waals surface area contributed by atoms with Gasteiger partial charge in [0.1, 0.15) is 17.5 Å². The number of hydrogen-bond donors (Lipinski definition) is 1. The van der Waals surface area contributed by atoms with Gasteiger partial charge in [0.25, 0.3) is 0 Å². The average molecular weight is 177 g/mol. The van der Waals surface area contributed by atoms with Gasteiger partial charge >= 0.3 is 5.97 Å². The van der Waals surface area contributed by atoms with Gasteiger partial charge in [-0.1, -0.05) is 0 Å². The first-order chi connectivity index (χ1) is 6.20. The number of nitrogens with zero attached hydrogens (tertiary/aromatic N) is 2. The van der Waals surface area contributed by atoms with Gasteiger partial charge in [-0.3, -0.25) is 0 Å². The highest BCUT2D eigenvalue weighted by Crippen LogP contribution is 2.13. The maximum Gasteiger partial charge on any atom is 0.339 e. The Bertz CT molecular complexity index is 381. The molecule has 0 aromatic carbocycles. The van der Waals surface area contributed by atoms with E-state index >= 15 is 0 Å². The van der Waals surface area contributed by atoms with Crippen molar-refractivity contribution >= 4 is 11.8 Å². The largest absolute Gasteiger partial charge is 0.465 e. The van der Waals surface area contributed by atoms with Crippen LogP contribution in [-0.2, 0) is 4.74 Å². The zero-order valence-electron chi connectivity index (χ0n) is 6.94. The summed E-state index contributed by atoms with van der Waals surface area (Å²) >= 11 is 0. The molecule has 1 heterocycles. The van der Waals surface area contributed by atoms with Gasteiger partial charge in [-0.15, -0.1) is 0 Å². The van der Waals surface area contributed by atoms with Crippen molar-refractivity contribution in [2.75, 3.05) is 12.8 Å². The molecule has 1 aromatic rings. The summed E-state index contributed by atoms with van der Waals surface area (Å²) in [7, 11) is 1.24. The van der Waals surface area contributed by atoms with Crippen LogP contribution in [0.4, 0.5) is 5.82 Å². The third-order valence-electron chi connectivity index (χ3n) is 1.50. The molecule has 0 unspecified atom stereocenters. The van der Waals surface area contributed by atoms with Crippen LogP contribution in [0.1, 0.15) is 15.9 Å². The molecule has 0 atom stereocenters. The molecule has 5 nitrogen and oxygen atoms in total. The molecule has 0 radical (unpaired) electrons. The highest BCUT2D eigenvalue weighted by Gasteiger charge is 2.13. The highest BCUT2D eigenvalue weighted by molar-refractivity contribution is 5.93. The van der Waals surface area contributed by atoms with Gasteiger partial charge in [0.2, 0.25) is 0 Å². The number of pyridine rings is 1. The third kappa shape index (κ3) is 1.56. The fourth-order valence-corrected chi connectivity index (χ4v) is 0.876. The molecule has 0 aliphatic carbocycles. The molecule has 13 heavy (non-hydrogen) atoms. The maximum atomic E-state index is 11.1. The van der Waals surface area contributed by atoms with Gasteiger partial charge in [0.05, 0.1) is 12.7 Å². The maximum absolute atomic E-state index is 11.1. The zero-order valence-corrected chi connectivity index (χ0v) is 6.94. The lowest BCUT2D eigenvalue weighted by Crippen LogP contribution is -2.07. The lowest BCUT2D eigenvalue weighted by atomic mass is 10.1. The molecule has 1 rings (SSSR count). The topological polar surface area (TPSA) is 89.0 Å². The SMILES string of the molecule is COC(=O)c1ccnc(N)c1C#N. The zero-order chi connectivity index (χ0) is 9.84. The van der Waals surface area contributed by atoms with E-state index in [1.54, 1.807) is 6.07 Å². The minimum absolute atomic E-state index is 0.0328. The molecule has 0 saturated heterocycles. The van der Waals surface area contributed by atoms with Crippen molar-refractivity contribution in [3.05, 3.63) is 23.4 Å². The van der Waals surface area contributed by atoms with Crippen LogP contribution in [0.3, 0.4) is 0 Å². The molecule has 1 aromatic heterocycles. The number of carbonyl (C=O) groups is 1. The molecule has 0 aliphatic heterocycles. The Kier molecular flexibility index (Phi) is 2.45. The summed E-state index contributed by atoms with van der Waals surface area (Å²) in [4.78, 5) is 14.8. The van der Waals surface area contributed by atoms with E-state index in [2.05, 4.69) is 9.72 Å². The smallest absolute Gasteiger partial charge is 0.339 e. The van der Waals surface area contributed by atoms with Crippen molar-refractivity contribution in [2.45, 2.75) is 0 Å². The van der Waals surface area contributed by atoms with Gasteiger partial charge < -0.3 is 10.5 Å². The number of methoxy groups -OCH3 is 1. The molecule has 0 bridgehead atoms. The van der Waals surface area contributed by atoms with Crippen LogP contribution in [0.25, 0.3) is 0 Å². The molecule has 0 saturated carbocycles. The number of hydrogen-bond acceptors (Lipinski definition) is 5. The number of esters is 1. The average Bonchev–Trinajstić information content (AvgIpc) is 2.16. The Hall–Kier alpha value is -2.09. The number of rotatable bonds is 1. The molecule has 5 heteroatoms. The summed E-state index contributed by atoms with van der Waals surface area (Å²) in [6.45, 7) is 0. The molecule has 0 fully saturated rings. The van der Waals surface area contributed by atoms with E-state index in [1.807, 2.05) is 0 Å². The van der Waals surface area contributed by atoms with Crippen molar-refractivity contribution in [1.29, 1.82) is 5.26 Å². The standard InChI is InChI=1S/C8H7N3O2/c1-13-8(12)5-2-3-11-7(10)6(5)4-9/h2-3H,1H3,(H2,10,11). The number of carbonyl (C=O) groups excluding carboxylic acids is 1. The van der Waals surface area contributed by atoms with Crippen LogP contribution in [0, 0.1) is 11.3 Å². The molecular weight excluding hydrogens is 170 g/mol. The van der Waals surface area contributed by atoms with E-state index < -0.39 is 5.97 Å². The number of anilines is 1. The van der Waals surface area contributed by atoms with Crippen molar-refractivity contribution in [3.8, 4) is 6.07 Å². The summed E-state index contributed by atoms with van der Waals surface area (Å²) in [5.41, 5.74) is 5.57. The Labute approximate surface area is 74.8 Å². The van der Waals surface area contributed by atoms with Crippen molar-refractivity contribution in [1.82, 2.24) is 4.98 Å². The van der Waals surface area contributed by atoms with Gasteiger partial charge in [-0.25, -0.2) is 9.78 Å². The lowest BCUT2D eigenvalue weighted by Gasteiger charge is -2.02. The predicted molar refractivity (Wildman–Crippen MR) is 44.7 cm³/mol. The van der Waals surface area contributed by atoms with Crippen LogP contribution in [0.15, 0.2) is 12.3 Å². The first-order valence-corrected chi connectivity index (χ1v) is 3.43. The second kappa shape index (κ2) is 3.54. The fourth-order valence-electron chi connectivity index (χ4n) is 0.876. The number of nitrogens with two attached hydrogens (primary N) is 1. The van der Waals surface area contributed by atoms with Crippen LogP contribution in [-0.4, -0.2) is 18.1 Å². The van der Waals surface area contributed by atoms with Crippen LogP contribution in [0.2, 0.25) is 0 Å². The van der Waals surface area contributed by atoms with E-state index in [0.717, 1.165) is 0 Å². The molecule has 2 N–H and O–H groups in total. The van der Waals surface area contributed by atoms with E-state index in [-0.39, 0.29) is 16.9 Å². The quantitative estimate of drug-likeness (QED) is 0.624. The van der Waals surface area contributed by atoms with Gasteiger partial charge in [0.15, 0.2) is 0 Å². The molecule has 0 aliphatic rings. The Morgan fingerprint density at radius 1 is 1.77 bits per heavy atom. The Balaban J connectivity index is 3.30. The highest BCUT2D eigenvalue weighted by atomic mass is 16.5. The van der Waals surface area contributed by atoms with Crippen LogP contribution < -0.4 is 5.73 Å². The summed E-state index contributed by atoms with van der Waals surface area (Å²) in [6, 6.07) is 3.18. The Morgan fingerprint density at radius 3 is 3.00 bits per heavy atom. The normalized spacial score (nSPS) is 8.92. The van der Waals surface area contributed by atoms with Crippen molar-refractivity contribution in [2.24, 2.45) is 0 Å². The van der Waals surface area contributed by atoms with E-state index in [9.17, 15) is 4.79 Å². The summed E-state index contributed by atoms with van der Waals surface area (Å²) in [5.74, 6) is -0.559. The summed E-state index contributed by atoms with van der Waals surface area (Å²) in [6.07, 6.45) is 1.35. The van der Waals surface area contributed by atoms with Crippen molar-refractivity contribution in [3.63, 3.8) is 0 Å². The first kappa shape index (κ1) is 9.00. The van der Waals surface area contributed by atoms with Gasteiger partial charge in [-0.2, -0.15) is 5.26 Å². The third-order valence-corrected chi connectivity index (χ3v) is 1.50. The first-order valence-electron chi connectivity index (χ1n) is 3.43. The lowest BCUT2D eigenvalue weighted by molar-refractivity contribution is 0.0600. The second-order valence-electron chi connectivity index (χ2n) is 2.22. The number of aromatic nitrogens is 1. The molecule has 0 amide bonds.